The number of amides is 1. The summed E-state index contributed by atoms with van der Waals surface area (Å²) in [5.74, 6) is -0.169. The van der Waals surface area contributed by atoms with Gasteiger partial charge >= 0.3 is 0 Å². The average Bonchev–Trinajstić information content (AvgIpc) is 3.22. The summed E-state index contributed by atoms with van der Waals surface area (Å²) in [6.07, 6.45) is 0.414. The first-order chi connectivity index (χ1) is 11.2. The van der Waals surface area contributed by atoms with Crippen molar-refractivity contribution < 1.29 is 9.63 Å². The Morgan fingerprint density at radius 2 is 2.17 bits per heavy atom. The number of oxime groups is 1. The lowest BCUT2D eigenvalue weighted by molar-refractivity contribution is 0.0755. The fourth-order valence-corrected chi connectivity index (χ4v) is 3.13. The Hall–Kier alpha value is -2.36. The number of carbonyl (C=O) groups excluding carboxylic acids is 1. The number of hydrogen-bond donors (Lipinski definition) is 1. The third kappa shape index (κ3) is 3.70. The van der Waals surface area contributed by atoms with Crippen molar-refractivity contribution in [3.63, 3.8) is 0 Å². The van der Waals surface area contributed by atoms with Gasteiger partial charge in [0.25, 0.3) is 5.91 Å². The van der Waals surface area contributed by atoms with Crippen LogP contribution in [0.4, 0.5) is 0 Å². The SMILES string of the molecule is N#Cc1ccc(C2=NOC(CNC(=O)c3ccc(Cl)s3)C2)cc1. The van der Waals surface area contributed by atoms with E-state index >= 15 is 0 Å². The Morgan fingerprint density at radius 3 is 2.83 bits per heavy atom. The molecule has 1 aliphatic heterocycles. The number of halogens is 1. The largest absolute Gasteiger partial charge is 0.390 e. The lowest BCUT2D eigenvalue weighted by Crippen LogP contribution is -2.31. The molecule has 2 aromatic rings. The van der Waals surface area contributed by atoms with E-state index in [0.717, 1.165) is 11.3 Å². The number of nitriles is 1. The first-order valence-electron chi connectivity index (χ1n) is 6.92. The van der Waals surface area contributed by atoms with Gasteiger partial charge in [-0.05, 0) is 29.8 Å². The minimum absolute atomic E-state index is 0.169. The van der Waals surface area contributed by atoms with Crippen LogP contribution in [0.15, 0.2) is 41.6 Å². The molecule has 1 aliphatic rings. The molecule has 23 heavy (non-hydrogen) atoms. The van der Waals surface area contributed by atoms with Crippen LogP contribution in [-0.2, 0) is 4.84 Å². The first-order valence-corrected chi connectivity index (χ1v) is 8.12. The van der Waals surface area contributed by atoms with Crippen LogP contribution in [0.3, 0.4) is 0 Å². The van der Waals surface area contributed by atoms with E-state index in [1.165, 1.54) is 11.3 Å². The van der Waals surface area contributed by atoms with Crippen LogP contribution in [0.5, 0.6) is 0 Å². The molecule has 1 unspecified atom stereocenters. The molecule has 5 nitrogen and oxygen atoms in total. The van der Waals surface area contributed by atoms with Gasteiger partial charge in [0.1, 0.15) is 6.10 Å². The molecule has 1 atom stereocenters. The molecule has 0 saturated carbocycles. The summed E-state index contributed by atoms with van der Waals surface area (Å²) < 4.78 is 0.582. The second-order valence-electron chi connectivity index (χ2n) is 4.97. The first kappa shape index (κ1) is 15.5. The summed E-state index contributed by atoms with van der Waals surface area (Å²) >= 11 is 7.05. The quantitative estimate of drug-likeness (QED) is 0.924. The molecule has 7 heteroatoms. The van der Waals surface area contributed by atoms with Gasteiger partial charge in [-0.1, -0.05) is 28.9 Å². The van der Waals surface area contributed by atoms with Crippen molar-refractivity contribution in [1.29, 1.82) is 5.26 Å². The van der Waals surface area contributed by atoms with Gasteiger partial charge in [-0.3, -0.25) is 4.79 Å². The molecular formula is C16H12ClN3O2S. The average molecular weight is 346 g/mol. The molecule has 1 amide bonds. The normalized spacial score (nSPS) is 16.3. The summed E-state index contributed by atoms with van der Waals surface area (Å²) in [6, 6.07) is 12.6. The second kappa shape index (κ2) is 6.82. The third-order valence-electron chi connectivity index (χ3n) is 3.37. The predicted molar refractivity (Wildman–Crippen MR) is 88.8 cm³/mol. The Balaban J connectivity index is 1.53. The molecule has 0 radical (unpaired) electrons. The van der Waals surface area contributed by atoms with E-state index in [9.17, 15) is 4.79 Å². The monoisotopic (exact) mass is 345 g/mol. The van der Waals surface area contributed by atoms with E-state index < -0.39 is 0 Å². The zero-order valence-corrected chi connectivity index (χ0v) is 13.5. The van der Waals surface area contributed by atoms with Crippen LogP contribution >= 0.6 is 22.9 Å². The highest BCUT2D eigenvalue weighted by atomic mass is 35.5. The number of hydrogen-bond acceptors (Lipinski definition) is 5. The van der Waals surface area contributed by atoms with Crippen molar-refractivity contribution >= 4 is 34.6 Å². The van der Waals surface area contributed by atoms with E-state index in [-0.39, 0.29) is 12.0 Å². The van der Waals surface area contributed by atoms with E-state index in [2.05, 4.69) is 16.5 Å². The number of rotatable bonds is 4. The summed E-state index contributed by atoms with van der Waals surface area (Å²) in [5.41, 5.74) is 2.34. The Labute approximate surface area is 142 Å². The predicted octanol–water partition coefficient (Wildman–Crippen LogP) is 3.20. The molecule has 1 N–H and O–H groups in total. The number of benzene rings is 1. The Kier molecular flexibility index (Phi) is 4.60. The molecule has 1 aromatic carbocycles. The van der Waals surface area contributed by atoms with Crippen molar-refractivity contribution in [3.05, 3.63) is 56.7 Å². The van der Waals surface area contributed by atoms with Crippen molar-refractivity contribution in [3.8, 4) is 6.07 Å². The Bertz CT molecular complexity index is 792. The minimum atomic E-state index is -0.194. The van der Waals surface area contributed by atoms with Gasteiger partial charge < -0.3 is 10.2 Å². The lowest BCUT2D eigenvalue weighted by atomic mass is 10.0. The number of nitrogens with zero attached hydrogens (tertiary/aromatic N) is 2. The van der Waals surface area contributed by atoms with Gasteiger partial charge in [-0.2, -0.15) is 5.26 Å². The van der Waals surface area contributed by atoms with Gasteiger partial charge in [0.15, 0.2) is 0 Å². The number of nitrogens with one attached hydrogen (secondary N) is 1. The third-order valence-corrected chi connectivity index (χ3v) is 4.60. The summed E-state index contributed by atoms with van der Waals surface area (Å²) in [5, 5.41) is 15.7. The highest BCUT2D eigenvalue weighted by Crippen LogP contribution is 2.21. The molecule has 0 bridgehead atoms. The van der Waals surface area contributed by atoms with Crippen molar-refractivity contribution in [2.75, 3.05) is 6.54 Å². The molecule has 3 rings (SSSR count). The van der Waals surface area contributed by atoms with Crippen LogP contribution < -0.4 is 5.32 Å². The minimum Gasteiger partial charge on any atom is -0.390 e. The highest BCUT2D eigenvalue weighted by Gasteiger charge is 2.23. The van der Waals surface area contributed by atoms with Crippen LogP contribution in [0.2, 0.25) is 4.34 Å². The van der Waals surface area contributed by atoms with Crippen LogP contribution in [0.25, 0.3) is 0 Å². The van der Waals surface area contributed by atoms with Crippen LogP contribution in [-0.4, -0.2) is 24.3 Å². The molecule has 2 heterocycles. The smallest absolute Gasteiger partial charge is 0.261 e. The fraction of sp³-hybridized carbons (Fsp3) is 0.188. The maximum Gasteiger partial charge on any atom is 0.261 e. The zero-order chi connectivity index (χ0) is 16.2. The van der Waals surface area contributed by atoms with Crippen molar-refractivity contribution in [2.45, 2.75) is 12.5 Å². The summed E-state index contributed by atoms with van der Waals surface area (Å²) in [4.78, 5) is 17.9. The molecule has 116 valence electrons. The van der Waals surface area contributed by atoms with Crippen molar-refractivity contribution in [2.24, 2.45) is 5.16 Å². The number of carbonyl (C=O) groups is 1. The van der Waals surface area contributed by atoms with Gasteiger partial charge in [0.2, 0.25) is 0 Å². The van der Waals surface area contributed by atoms with E-state index in [1.54, 1.807) is 24.3 Å². The molecular weight excluding hydrogens is 334 g/mol. The van der Waals surface area contributed by atoms with Gasteiger partial charge in [-0.25, -0.2) is 0 Å². The maximum atomic E-state index is 12.0. The van der Waals surface area contributed by atoms with E-state index in [0.29, 0.717) is 27.7 Å². The molecule has 0 aliphatic carbocycles. The van der Waals surface area contributed by atoms with Gasteiger partial charge in [0, 0.05) is 6.42 Å². The van der Waals surface area contributed by atoms with Gasteiger partial charge in [-0.15, -0.1) is 11.3 Å². The highest BCUT2D eigenvalue weighted by molar-refractivity contribution is 7.17. The van der Waals surface area contributed by atoms with Crippen LogP contribution in [0.1, 0.15) is 27.2 Å². The van der Waals surface area contributed by atoms with Crippen LogP contribution in [0, 0.1) is 11.3 Å². The topological polar surface area (TPSA) is 74.5 Å². The second-order valence-corrected chi connectivity index (χ2v) is 6.69. The zero-order valence-electron chi connectivity index (χ0n) is 12.0. The molecule has 1 aromatic heterocycles. The summed E-state index contributed by atoms with van der Waals surface area (Å²) in [6.45, 7) is 0.373. The fourth-order valence-electron chi connectivity index (χ4n) is 2.18. The lowest BCUT2D eigenvalue weighted by Gasteiger charge is -2.09. The Morgan fingerprint density at radius 1 is 1.39 bits per heavy atom. The molecule has 0 fully saturated rings. The standard InChI is InChI=1S/C16H12ClN3O2S/c17-15-6-5-14(23-15)16(21)19-9-12-7-13(20-22-12)11-3-1-10(8-18)2-4-11/h1-6,12H,7,9H2,(H,19,21). The van der Waals surface area contributed by atoms with E-state index in [4.69, 9.17) is 21.7 Å². The van der Waals surface area contributed by atoms with E-state index in [1.807, 2.05) is 12.1 Å². The summed E-state index contributed by atoms with van der Waals surface area (Å²) in [7, 11) is 0. The molecule has 0 spiro atoms. The van der Waals surface area contributed by atoms with Gasteiger partial charge in [0.05, 0.1) is 33.1 Å². The molecule has 0 saturated heterocycles. The van der Waals surface area contributed by atoms with Crippen molar-refractivity contribution in [1.82, 2.24) is 5.32 Å². The maximum absolute atomic E-state index is 12.0. The number of thiophene rings is 1.